The van der Waals surface area contributed by atoms with Gasteiger partial charge in [0.1, 0.15) is 11.5 Å². The van der Waals surface area contributed by atoms with Crippen LogP contribution >= 0.6 is 0 Å². The van der Waals surface area contributed by atoms with E-state index in [1.165, 1.54) is 139 Å². The topological polar surface area (TPSA) is 97.4 Å². The number of carbonyl (C=O) groups is 3. The summed E-state index contributed by atoms with van der Waals surface area (Å²) in [5.74, 6) is -1.57. The zero-order valence-electron chi connectivity index (χ0n) is 65.5. The Labute approximate surface area is 644 Å². The Kier molecular flexibility index (Phi) is 40.2. The van der Waals surface area contributed by atoms with Gasteiger partial charge in [-0.15, -0.1) is 0 Å². The largest absolute Gasteiger partial charge is 0.494 e. The molecule has 9 aromatic rings. The van der Waals surface area contributed by atoms with Crippen molar-refractivity contribution in [1.29, 1.82) is 0 Å². The third-order valence-corrected chi connectivity index (χ3v) is 19.4. The van der Waals surface area contributed by atoms with E-state index < -0.39 is 35.4 Å². The van der Waals surface area contributed by atoms with Crippen molar-refractivity contribution in [3.8, 4) is 62.1 Å². The van der Waals surface area contributed by atoms with Gasteiger partial charge >= 0.3 is 17.9 Å². The van der Waals surface area contributed by atoms with E-state index in [0.29, 0.717) is 16.7 Å². The first-order valence-electron chi connectivity index (χ1n) is 40.7. The Morgan fingerprint density at radius 3 is 0.731 bits per heavy atom. The van der Waals surface area contributed by atoms with E-state index in [0.717, 1.165) is 165 Å². The number of esters is 3. The second-order valence-electron chi connectivity index (χ2n) is 28.4. The van der Waals surface area contributed by atoms with Crippen LogP contribution in [0.4, 0.5) is 13.2 Å². The normalized spacial score (nSPS) is 10.9. The van der Waals surface area contributed by atoms with E-state index in [1.54, 1.807) is 54.6 Å². The van der Waals surface area contributed by atoms with Crippen LogP contribution in [-0.4, -0.2) is 31.1 Å². The maximum atomic E-state index is 14.5. The first-order chi connectivity index (χ1) is 52.8. The van der Waals surface area contributed by atoms with Crippen molar-refractivity contribution >= 4 is 17.9 Å². The first kappa shape index (κ1) is 86.0. The molecule has 0 bridgehead atoms. The van der Waals surface area contributed by atoms with Crippen molar-refractivity contribution in [3.05, 3.63) is 257 Å². The quantitative estimate of drug-likeness (QED) is 0.0212. The van der Waals surface area contributed by atoms with E-state index in [2.05, 4.69) is 65.8 Å². The molecule has 0 radical (unpaired) electrons. The second-order valence-corrected chi connectivity index (χ2v) is 28.4. The van der Waals surface area contributed by atoms with Gasteiger partial charge < -0.3 is 23.7 Å². The molecule has 0 heterocycles. The van der Waals surface area contributed by atoms with Gasteiger partial charge in [-0.05, 0) is 217 Å². The van der Waals surface area contributed by atoms with E-state index in [-0.39, 0.29) is 17.2 Å². The Hall–Kier alpha value is -9.22. The Bertz CT molecular complexity index is 4000. The van der Waals surface area contributed by atoms with Crippen LogP contribution in [-0.2, 0) is 25.7 Å². The second kappa shape index (κ2) is 50.4. The van der Waals surface area contributed by atoms with Crippen LogP contribution in [0.25, 0.3) is 33.4 Å². The van der Waals surface area contributed by atoms with Crippen molar-refractivity contribution in [2.24, 2.45) is 0 Å². The lowest BCUT2D eigenvalue weighted by Crippen LogP contribution is -2.09. The minimum atomic E-state index is -0.572. The van der Waals surface area contributed by atoms with Crippen LogP contribution in [0.3, 0.4) is 0 Å². The maximum absolute atomic E-state index is 14.5. The molecule has 576 valence electrons. The summed E-state index contributed by atoms with van der Waals surface area (Å²) in [4.78, 5) is 37.7. The lowest BCUT2D eigenvalue weighted by atomic mass is 10.00. The van der Waals surface area contributed by atoms with E-state index >= 15 is 0 Å². The molecule has 0 N–H and O–H groups in total. The van der Waals surface area contributed by atoms with Gasteiger partial charge in [-0.1, -0.05) is 286 Å². The minimum absolute atomic E-state index is 0.0285. The SMILES string of the molecule is CCCCCCCCOc1ccc(-c2ccc(C(=O)Oc3ccc(CCCCC)cc3F)cc2)cc1.CCCCCCCCc1ccc(-c2ccc(C(=O)Oc3ccc(CCCCC)cc3F)cc2)cc1.CCCCCCCOc1ccc(-c2ccc(C(=O)Oc3ccc(CCCCCCC)cc3F)cc2)cc1. The number of benzene rings is 9. The number of hydrogen-bond acceptors (Lipinski definition) is 8. The summed E-state index contributed by atoms with van der Waals surface area (Å²) in [5, 5.41) is 0. The fourth-order valence-electron chi connectivity index (χ4n) is 12.7. The fraction of sp³-hybridized carbons (Fsp3) is 0.412. The van der Waals surface area contributed by atoms with Crippen molar-refractivity contribution in [2.45, 2.75) is 247 Å². The van der Waals surface area contributed by atoms with E-state index in [9.17, 15) is 27.6 Å². The highest BCUT2D eigenvalue weighted by molar-refractivity contribution is 5.93. The van der Waals surface area contributed by atoms with Gasteiger partial charge in [-0.3, -0.25) is 0 Å². The molecule has 0 spiro atoms. The average Bonchev–Trinajstić information content (AvgIpc) is 0.850. The summed E-state index contributed by atoms with van der Waals surface area (Å²) in [6, 6.07) is 60.8. The Morgan fingerprint density at radius 1 is 0.241 bits per heavy atom. The van der Waals surface area contributed by atoms with Crippen LogP contribution in [0, 0.1) is 17.5 Å². The number of halogens is 3. The van der Waals surface area contributed by atoms with E-state index in [1.807, 2.05) is 103 Å². The highest BCUT2D eigenvalue weighted by Gasteiger charge is 2.17. The number of hydrogen-bond donors (Lipinski definition) is 0. The van der Waals surface area contributed by atoms with Gasteiger partial charge in [0.15, 0.2) is 34.7 Å². The van der Waals surface area contributed by atoms with Crippen LogP contribution < -0.4 is 23.7 Å². The highest BCUT2D eigenvalue weighted by Crippen LogP contribution is 2.30. The maximum Gasteiger partial charge on any atom is 0.343 e. The molecule has 0 aromatic heterocycles. The number of ether oxygens (including phenoxy) is 5. The summed E-state index contributed by atoms with van der Waals surface area (Å²) in [6.45, 7) is 14.6. The Morgan fingerprint density at radius 2 is 0.454 bits per heavy atom. The standard InChI is InChI=1S/C33H41FO3.C32H39FO3.C32H39FO2/c1-3-5-7-9-11-13-26-14-23-32(31(34)25-26)37-33(35)29-17-15-27(16-18-29)28-19-21-30(22-20-28)36-24-12-10-8-6-4-2;1-3-5-7-8-9-11-23-35-29-20-18-27(19-21-29)26-14-16-28(17-15-26)32(34)36-31-22-13-25(24-30(31)33)12-10-6-4-2;1-3-5-7-8-9-11-12-25-14-17-27(18-15-25)28-19-21-29(22-20-28)32(34)35-31-23-16-26(24-30(31)33)13-10-6-4-2/h14-23,25H,3-13,24H2,1-2H3;13-22,24H,3-12,23H2,1-2H3;14-24H,3-13H2,1-2H3. The predicted octanol–water partition coefficient (Wildman–Crippen LogP) is 28.1. The summed E-state index contributed by atoms with van der Waals surface area (Å²) >= 11 is 0. The predicted molar refractivity (Wildman–Crippen MR) is 439 cm³/mol. The van der Waals surface area contributed by atoms with Crippen molar-refractivity contribution in [1.82, 2.24) is 0 Å². The molecule has 0 saturated heterocycles. The number of unbranched alkanes of at least 4 members (excludes halogenated alkanes) is 22. The Balaban J connectivity index is 0.000000226. The van der Waals surface area contributed by atoms with Gasteiger partial charge in [0.2, 0.25) is 0 Å². The van der Waals surface area contributed by atoms with Crippen molar-refractivity contribution < 1.29 is 51.2 Å². The minimum Gasteiger partial charge on any atom is -0.494 e. The van der Waals surface area contributed by atoms with Crippen LogP contribution in [0.5, 0.6) is 28.7 Å². The van der Waals surface area contributed by atoms with Gasteiger partial charge in [0.05, 0.1) is 29.9 Å². The fourth-order valence-corrected chi connectivity index (χ4v) is 12.7. The molecule has 0 aliphatic carbocycles. The molecule has 9 aromatic carbocycles. The number of rotatable bonds is 45. The van der Waals surface area contributed by atoms with Crippen molar-refractivity contribution in [2.75, 3.05) is 13.2 Å². The molecule has 0 amide bonds. The molecule has 11 heteroatoms. The molecule has 108 heavy (non-hydrogen) atoms. The molecule has 0 unspecified atom stereocenters. The molecule has 9 rings (SSSR count). The lowest BCUT2D eigenvalue weighted by molar-refractivity contribution is 0.0718. The van der Waals surface area contributed by atoms with Crippen LogP contribution in [0.15, 0.2) is 200 Å². The van der Waals surface area contributed by atoms with Gasteiger partial charge in [0, 0.05) is 0 Å². The van der Waals surface area contributed by atoms with Gasteiger partial charge in [-0.25, -0.2) is 27.6 Å². The molecular weight excluding hydrogens is 1350 g/mol. The van der Waals surface area contributed by atoms with Gasteiger partial charge in [0.25, 0.3) is 0 Å². The number of aryl methyl sites for hydroxylation is 4. The lowest BCUT2D eigenvalue weighted by Gasteiger charge is -2.09. The monoisotopic (exact) mass is 1470 g/mol. The summed E-state index contributed by atoms with van der Waals surface area (Å²) in [6.07, 6.45) is 37.4. The first-order valence-corrected chi connectivity index (χ1v) is 40.7. The molecule has 0 aliphatic heterocycles. The zero-order chi connectivity index (χ0) is 76.8. The number of carbonyl (C=O) groups excluding carboxylic acids is 3. The summed E-state index contributed by atoms with van der Waals surface area (Å²) < 4.78 is 71.1. The summed E-state index contributed by atoms with van der Waals surface area (Å²) in [7, 11) is 0. The van der Waals surface area contributed by atoms with Crippen molar-refractivity contribution in [3.63, 3.8) is 0 Å². The summed E-state index contributed by atoms with van der Waals surface area (Å²) in [5.41, 5.74) is 11.5. The smallest absolute Gasteiger partial charge is 0.343 e. The molecular formula is C97H119F3O8. The van der Waals surface area contributed by atoms with E-state index in [4.69, 9.17) is 23.7 Å². The van der Waals surface area contributed by atoms with Crippen LogP contribution in [0.2, 0.25) is 0 Å². The average molecular weight is 1470 g/mol. The molecule has 0 fully saturated rings. The third-order valence-electron chi connectivity index (χ3n) is 19.4. The molecule has 0 atom stereocenters. The molecule has 0 aliphatic rings. The molecule has 8 nitrogen and oxygen atoms in total. The highest BCUT2D eigenvalue weighted by atomic mass is 19.1. The van der Waals surface area contributed by atoms with Crippen LogP contribution in [0.1, 0.15) is 275 Å². The third kappa shape index (κ3) is 31.5. The van der Waals surface area contributed by atoms with Gasteiger partial charge in [-0.2, -0.15) is 0 Å². The molecule has 0 saturated carbocycles. The zero-order valence-corrected chi connectivity index (χ0v) is 65.5.